The number of hydrogen-bond donors (Lipinski definition) is 7. The van der Waals surface area contributed by atoms with Crippen LogP contribution in [0.1, 0.15) is 75.4 Å². The highest BCUT2D eigenvalue weighted by Crippen LogP contribution is 2.56. The molecule has 5 aliphatic rings. The number of esters is 1. The van der Waals surface area contributed by atoms with Gasteiger partial charge in [0, 0.05) is 63.0 Å². The summed E-state index contributed by atoms with van der Waals surface area (Å²) in [5, 5.41) is 71.3. The summed E-state index contributed by atoms with van der Waals surface area (Å²) in [4.78, 5) is 72.6. The number of ketones is 4. The molecule has 0 saturated carbocycles. The number of phenols is 2. The van der Waals surface area contributed by atoms with Gasteiger partial charge in [0.25, 0.3) is 0 Å². The van der Waals surface area contributed by atoms with Gasteiger partial charge < -0.3 is 59.6 Å². The van der Waals surface area contributed by atoms with Crippen LogP contribution in [0.2, 0.25) is 0 Å². The smallest absolute Gasteiger partial charge is 0.342 e. The van der Waals surface area contributed by atoms with E-state index in [1.807, 2.05) is 4.90 Å². The number of carbonyl (C=O) groups excluding carboxylic acids is 5. The van der Waals surface area contributed by atoms with Crippen LogP contribution in [-0.4, -0.2) is 161 Å². The number of aliphatic hydroxyl groups is 4. The molecule has 7 N–H and O–H groups in total. The molecule has 0 radical (unpaired) electrons. The molecule has 8 atom stereocenters. The van der Waals surface area contributed by atoms with Crippen LogP contribution in [0.15, 0.2) is 23.9 Å². The molecule has 18 heteroatoms. The van der Waals surface area contributed by atoms with Crippen LogP contribution in [0.5, 0.6) is 11.5 Å². The number of carbonyl (C=O) groups is 5. The first-order valence-corrected chi connectivity index (χ1v) is 18.4. The summed E-state index contributed by atoms with van der Waals surface area (Å²) in [6, 6.07) is 2.20. The Morgan fingerprint density at radius 1 is 1.02 bits per heavy atom. The van der Waals surface area contributed by atoms with Crippen LogP contribution in [0.3, 0.4) is 0 Å². The van der Waals surface area contributed by atoms with Gasteiger partial charge in [0.15, 0.2) is 17.0 Å². The summed E-state index contributed by atoms with van der Waals surface area (Å²) < 4.78 is 27.5. The second kappa shape index (κ2) is 14.9. The van der Waals surface area contributed by atoms with Gasteiger partial charge in [-0.15, -0.1) is 0 Å². The number of rotatable bonds is 9. The highest BCUT2D eigenvalue weighted by atomic mass is 16.6. The quantitative estimate of drug-likeness (QED) is 0.151. The standard InChI is InChI=1S/C39H44N2O16/c1-16-11-18-12-24(44)39(54-4)35(50)27-20(34(49)38(39,52)28(18)32(48)25(16)37(51)56-10-7-41-5-8-55-9-6-41)13-19-26(31(27)47)23(43)14-22(29(19)45)40-36-21(15-42)30(46)33(53-3)17(2)57-36/h11,13-14,17,21,24,30,33,36,40,42,44,46-48,52H,5-10,12,15H2,1-4H3/t17-,21+,24+,30-,33-,36?,38-,39+/m0/s1. The summed E-state index contributed by atoms with van der Waals surface area (Å²) >= 11 is 0. The molecule has 0 bridgehead atoms. The number of nitrogens with zero attached hydrogens (tertiary/aromatic N) is 1. The van der Waals surface area contributed by atoms with Crippen molar-refractivity contribution in [3.8, 4) is 11.5 Å². The number of morpholine rings is 1. The average molecular weight is 797 g/mol. The van der Waals surface area contributed by atoms with Gasteiger partial charge in [-0.25, -0.2) is 4.79 Å². The Labute approximate surface area is 325 Å². The van der Waals surface area contributed by atoms with Crippen LogP contribution < -0.4 is 5.32 Å². The van der Waals surface area contributed by atoms with Crippen LogP contribution in [0.25, 0.3) is 0 Å². The van der Waals surface area contributed by atoms with Gasteiger partial charge in [-0.05, 0) is 31.0 Å². The molecule has 306 valence electrons. The van der Waals surface area contributed by atoms with E-state index in [1.54, 1.807) is 6.92 Å². The molecule has 2 aromatic carbocycles. The van der Waals surface area contributed by atoms with Crippen molar-refractivity contribution in [3.63, 3.8) is 0 Å². The lowest BCUT2D eigenvalue weighted by molar-refractivity contribution is -0.214. The monoisotopic (exact) mass is 796 g/mol. The first kappa shape index (κ1) is 40.6. The van der Waals surface area contributed by atoms with Crippen LogP contribution in [-0.2, 0) is 35.7 Å². The van der Waals surface area contributed by atoms with E-state index in [0.29, 0.717) is 32.8 Å². The Balaban J connectivity index is 1.29. The number of aliphatic hydroxyl groups excluding tert-OH is 3. The van der Waals surface area contributed by atoms with Crippen LogP contribution in [0.4, 0.5) is 0 Å². The fraction of sp³-hybridized carbons (Fsp3) is 0.513. The molecule has 7 rings (SSSR count). The number of Topliss-reactive ketones (excluding diaryl/α,β-unsaturated/α-hetero) is 3. The number of methoxy groups -OCH3 is 2. The second-order valence-electron chi connectivity index (χ2n) is 14.8. The highest BCUT2D eigenvalue weighted by molar-refractivity contribution is 6.31. The largest absolute Gasteiger partial charge is 0.507 e. The lowest BCUT2D eigenvalue weighted by Crippen LogP contribution is -2.73. The predicted molar refractivity (Wildman–Crippen MR) is 192 cm³/mol. The van der Waals surface area contributed by atoms with Gasteiger partial charge in [0.1, 0.15) is 36.0 Å². The molecule has 2 fully saturated rings. The zero-order valence-corrected chi connectivity index (χ0v) is 31.6. The van der Waals surface area contributed by atoms with E-state index in [1.165, 1.54) is 20.1 Å². The minimum Gasteiger partial charge on any atom is -0.507 e. The third-order valence-corrected chi connectivity index (χ3v) is 11.9. The summed E-state index contributed by atoms with van der Waals surface area (Å²) in [5.74, 6) is -8.77. The maximum absolute atomic E-state index is 14.8. The van der Waals surface area contributed by atoms with Crippen molar-refractivity contribution in [1.29, 1.82) is 0 Å². The van der Waals surface area contributed by atoms with Gasteiger partial charge in [-0.2, -0.15) is 0 Å². The minimum atomic E-state index is -3.27. The molecule has 0 amide bonds. The summed E-state index contributed by atoms with van der Waals surface area (Å²) in [6.07, 6.45) is -5.68. The molecule has 2 aromatic rings. The minimum absolute atomic E-state index is 0.0111. The normalized spacial score (nSPS) is 31.2. The summed E-state index contributed by atoms with van der Waals surface area (Å²) in [5.41, 5.74) is -10.3. The number of phenolic OH excluding ortho intramolecular Hbond substituents is 2. The van der Waals surface area contributed by atoms with E-state index in [9.17, 15) is 54.6 Å². The van der Waals surface area contributed by atoms with Gasteiger partial charge >= 0.3 is 5.97 Å². The lowest BCUT2D eigenvalue weighted by atomic mass is 9.56. The van der Waals surface area contributed by atoms with Crippen molar-refractivity contribution >= 4 is 29.1 Å². The van der Waals surface area contributed by atoms with E-state index in [4.69, 9.17) is 23.7 Å². The van der Waals surface area contributed by atoms with Crippen molar-refractivity contribution in [2.45, 2.75) is 62.1 Å². The van der Waals surface area contributed by atoms with E-state index in [2.05, 4.69) is 5.32 Å². The van der Waals surface area contributed by atoms with Gasteiger partial charge in [-0.3, -0.25) is 24.1 Å². The predicted octanol–water partition coefficient (Wildman–Crippen LogP) is -0.954. The van der Waals surface area contributed by atoms with Crippen molar-refractivity contribution in [3.05, 3.63) is 68.4 Å². The molecule has 2 saturated heterocycles. The third-order valence-electron chi connectivity index (χ3n) is 11.9. The molecule has 1 unspecified atom stereocenters. The second-order valence-corrected chi connectivity index (χ2v) is 14.8. The molecule has 3 aliphatic carbocycles. The third kappa shape index (κ3) is 5.92. The number of aryl methyl sites for hydroxylation is 1. The number of allylic oxidation sites excluding steroid dienone is 2. The SMILES string of the molecule is CO[C@@H]1[C@@H](O)[C@@H](CO)C(NC2=CC(=O)c3c(cc4c(c3O)C(=O)[C@]3(OC)[C@H](O)Cc5cc(C)c(C(=O)OCCN6CCOCC6)c(O)c5[C@]3(O)C4=O)C2=O)O[C@H]1C. The number of ether oxygens (including phenoxy) is 5. The van der Waals surface area contributed by atoms with Crippen molar-refractivity contribution in [2.24, 2.45) is 5.92 Å². The zero-order valence-electron chi connectivity index (χ0n) is 31.6. The Bertz CT molecular complexity index is 2090. The fourth-order valence-corrected chi connectivity index (χ4v) is 8.96. The molecule has 2 aliphatic heterocycles. The maximum Gasteiger partial charge on any atom is 0.342 e. The number of nitrogens with one attached hydrogen (secondary N) is 1. The average Bonchev–Trinajstić information content (AvgIpc) is 3.16. The molecule has 57 heavy (non-hydrogen) atoms. The first-order valence-electron chi connectivity index (χ1n) is 18.4. The topological polar surface area (TPSA) is 268 Å². The summed E-state index contributed by atoms with van der Waals surface area (Å²) in [6.45, 7) is 5.01. The summed E-state index contributed by atoms with van der Waals surface area (Å²) in [7, 11) is 2.27. The number of benzene rings is 2. The Hall–Kier alpha value is -4.63. The maximum atomic E-state index is 14.8. The molecule has 2 heterocycles. The van der Waals surface area contributed by atoms with Crippen molar-refractivity contribution < 1.29 is 78.3 Å². The van der Waals surface area contributed by atoms with E-state index in [0.717, 1.165) is 19.3 Å². The van der Waals surface area contributed by atoms with E-state index in [-0.39, 0.29) is 17.7 Å². The van der Waals surface area contributed by atoms with Crippen LogP contribution >= 0.6 is 0 Å². The van der Waals surface area contributed by atoms with Gasteiger partial charge in [0.05, 0.1) is 60.9 Å². The number of hydrogen-bond acceptors (Lipinski definition) is 18. The first-order chi connectivity index (χ1) is 27.1. The molecular formula is C39H44N2O16. The van der Waals surface area contributed by atoms with Crippen molar-refractivity contribution in [1.82, 2.24) is 10.2 Å². The Kier molecular flexibility index (Phi) is 10.6. The number of fused-ring (bicyclic) bond motifs is 5. The Morgan fingerprint density at radius 3 is 2.37 bits per heavy atom. The zero-order chi connectivity index (χ0) is 41.3. The highest BCUT2D eigenvalue weighted by Gasteiger charge is 2.72. The molecule has 0 spiro atoms. The number of aromatic hydroxyl groups is 2. The van der Waals surface area contributed by atoms with E-state index < -0.39 is 140 Å². The molecule has 0 aromatic heterocycles. The van der Waals surface area contributed by atoms with Crippen molar-refractivity contribution in [2.75, 3.05) is 60.3 Å². The van der Waals surface area contributed by atoms with Gasteiger partial charge in [0.2, 0.25) is 17.3 Å². The lowest BCUT2D eigenvalue weighted by Gasteiger charge is -2.52. The molecule has 18 nitrogen and oxygen atoms in total. The van der Waals surface area contributed by atoms with Gasteiger partial charge in [-0.1, -0.05) is 6.07 Å². The fourth-order valence-electron chi connectivity index (χ4n) is 8.96. The Morgan fingerprint density at radius 2 is 1.72 bits per heavy atom. The van der Waals surface area contributed by atoms with Crippen LogP contribution in [0, 0.1) is 12.8 Å². The van der Waals surface area contributed by atoms with E-state index >= 15 is 0 Å². The molecular weight excluding hydrogens is 752 g/mol.